The van der Waals surface area contributed by atoms with Crippen molar-refractivity contribution in [2.45, 2.75) is 13.8 Å². The molecule has 1 N–H and O–H groups in total. The Morgan fingerprint density at radius 2 is 1.58 bits per heavy atom. The van der Waals surface area contributed by atoms with Crippen molar-refractivity contribution < 1.29 is 23.9 Å². The van der Waals surface area contributed by atoms with Gasteiger partial charge in [0.05, 0.1) is 24.8 Å². The second-order valence-corrected chi connectivity index (χ2v) is 6.10. The molecule has 0 spiro atoms. The van der Waals surface area contributed by atoms with Crippen LogP contribution in [0.3, 0.4) is 0 Å². The first kappa shape index (κ1) is 19.2. The molecule has 0 saturated carbocycles. The summed E-state index contributed by atoms with van der Waals surface area (Å²) in [5.41, 5.74) is 1.56. The molecule has 6 heteroatoms. The van der Waals surface area contributed by atoms with Crippen LogP contribution in [0.1, 0.15) is 44.9 Å². The summed E-state index contributed by atoms with van der Waals surface area (Å²) in [6.07, 6.45) is 0. The molecule has 0 saturated heterocycles. The Hall–Kier alpha value is -3.15. The molecule has 2 aromatic carbocycles. The second-order valence-electron chi connectivity index (χ2n) is 6.10. The maximum Gasteiger partial charge on any atom is 0.338 e. The van der Waals surface area contributed by atoms with E-state index in [1.54, 1.807) is 42.5 Å². The van der Waals surface area contributed by atoms with Crippen molar-refractivity contribution >= 4 is 23.5 Å². The van der Waals surface area contributed by atoms with E-state index in [0.717, 1.165) is 0 Å². The van der Waals surface area contributed by atoms with Crippen molar-refractivity contribution in [3.63, 3.8) is 0 Å². The third-order valence-corrected chi connectivity index (χ3v) is 3.47. The minimum Gasteiger partial charge on any atom is -0.465 e. The quantitative estimate of drug-likeness (QED) is 0.802. The Labute approximate surface area is 152 Å². The van der Waals surface area contributed by atoms with Crippen LogP contribution in [0.25, 0.3) is 0 Å². The molecule has 1 amide bonds. The lowest BCUT2D eigenvalue weighted by atomic mass is 10.1. The Balaban J connectivity index is 2.03. The third kappa shape index (κ3) is 5.17. The number of ether oxygens (including phenoxy) is 2. The highest BCUT2D eigenvalue weighted by molar-refractivity contribution is 6.05. The van der Waals surface area contributed by atoms with Gasteiger partial charge in [-0.25, -0.2) is 9.59 Å². The standard InChI is InChI=1S/C20H21NO5/c1-13(2)12-26-20(24)14-7-9-17(10-8-14)21-18(22)15-5-4-6-16(11-15)19(23)25-3/h4-11,13H,12H2,1-3H3,(H,21,22). The number of rotatable bonds is 6. The van der Waals surface area contributed by atoms with Gasteiger partial charge < -0.3 is 14.8 Å². The zero-order valence-electron chi connectivity index (χ0n) is 14.9. The molecule has 0 radical (unpaired) electrons. The lowest BCUT2D eigenvalue weighted by Crippen LogP contribution is -2.13. The van der Waals surface area contributed by atoms with Gasteiger partial charge in [-0.15, -0.1) is 0 Å². The van der Waals surface area contributed by atoms with Gasteiger partial charge in [-0.3, -0.25) is 4.79 Å². The first-order chi connectivity index (χ1) is 12.4. The van der Waals surface area contributed by atoms with Gasteiger partial charge in [0.25, 0.3) is 5.91 Å². The molecular weight excluding hydrogens is 334 g/mol. The van der Waals surface area contributed by atoms with Gasteiger partial charge >= 0.3 is 11.9 Å². The Morgan fingerprint density at radius 3 is 2.19 bits per heavy atom. The minimum absolute atomic E-state index is 0.262. The van der Waals surface area contributed by atoms with Crippen molar-refractivity contribution in [3.8, 4) is 0 Å². The first-order valence-electron chi connectivity index (χ1n) is 8.17. The fourth-order valence-corrected chi connectivity index (χ4v) is 2.12. The number of methoxy groups -OCH3 is 1. The van der Waals surface area contributed by atoms with Crippen LogP contribution in [-0.4, -0.2) is 31.6 Å². The number of carbonyl (C=O) groups excluding carboxylic acids is 3. The van der Waals surface area contributed by atoms with E-state index >= 15 is 0 Å². The monoisotopic (exact) mass is 355 g/mol. The predicted molar refractivity (Wildman–Crippen MR) is 97.3 cm³/mol. The average molecular weight is 355 g/mol. The number of hydrogen-bond acceptors (Lipinski definition) is 5. The summed E-state index contributed by atoms with van der Waals surface area (Å²) < 4.78 is 9.80. The SMILES string of the molecule is COC(=O)c1cccc(C(=O)Nc2ccc(C(=O)OCC(C)C)cc2)c1. The van der Waals surface area contributed by atoms with Gasteiger partial charge in [0.1, 0.15) is 0 Å². The molecule has 0 aliphatic rings. The highest BCUT2D eigenvalue weighted by Gasteiger charge is 2.12. The van der Waals surface area contributed by atoms with Crippen molar-refractivity contribution in [2.24, 2.45) is 5.92 Å². The summed E-state index contributed by atoms with van der Waals surface area (Å²) in [5.74, 6) is -1.02. The van der Waals surface area contributed by atoms with Crippen LogP contribution in [0.2, 0.25) is 0 Å². The summed E-state index contributed by atoms with van der Waals surface area (Å²) in [7, 11) is 1.28. The number of anilines is 1. The zero-order chi connectivity index (χ0) is 19.1. The highest BCUT2D eigenvalue weighted by Crippen LogP contribution is 2.14. The second kappa shape index (κ2) is 8.80. The van der Waals surface area contributed by atoms with E-state index < -0.39 is 11.9 Å². The molecule has 0 bridgehead atoms. The lowest BCUT2D eigenvalue weighted by molar-refractivity contribution is 0.0458. The van der Waals surface area contributed by atoms with Crippen molar-refractivity contribution in [3.05, 3.63) is 65.2 Å². The molecule has 0 aliphatic heterocycles. The molecule has 6 nitrogen and oxygen atoms in total. The summed E-state index contributed by atoms with van der Waals surface area (Å²) in [6.45, 7) is 4.27. The van der Waals surface area contributed by atoms with Crippen LogP contribution in [0.4, 0.5) is 5.69 Å². The van der Waals surface area contributed by atoms with E-state index in [1.165, 1.54) is 13.2 Å². The van der Waals surface area contributed by atoms with Gasteiger partial charge in [-0.2, -0.15) is 0 Å². The molecule has 136 valence electrons. The lowest BCUT2D eigenvalue weighted by Gasteiger charge is -2.09. The van der Waals surface area contributed by atoms with Crippen LogP contribution in [0, 0.1) is 5.92 Å². The molecule has 26 heavy (non-hydrogen) atoms. The fraction of sp³-hybridized carbons (Fsp3) is 0.250. The van der Waals surface area contributed by atoms with E-state index in [4.69, 9.17) is 4.74 Å². The maximum absolute atomic E-state index is 12.3. The van der Waals surface area contributed by atoms with Crippen molar-refractivity contribution in [2.75, 3.05) is 19.0 Å². The Morgan fingerprint density at radius 1 is 0.923 bits per heavy atom. The molecule has 0 fully saturated rings. The molecule has 2 aromatic rings. The number of hydrogen-bond donors (Lipinski definition) is 1. The van der Waals surface area contributed by atoms with Crippen LogP contribution in [0.5, 0.6) is 0 Å². The molecule has 0 aliphatic carbocycles. The summed E-state index contributed by atoms with van der Waals surface area (Å²) in [4.78, 5) is 35.7. The number of benzene rings is 2. The van der Waals surface area contributed by atoms with Crippen LogP contribution < -0.4 is 5.32 Å². The number of amides is 1. The zero-order valence-corrected chi connectivity index (χ0v) is 14.9. The predicted octanol–water partition coefficient (Wildman–Crippen LogP) is 3.54. The van der Waals surface area contributed by atoms with E-state index in [1.807, 2.05) is 13.8 Å². The van der Waals surface area contributed by atoms with Crippen LogP contribution in [-0.2, 0) is 9.47 Å². The molecule has 0 aromatic heterocycles. The number of carbonyl (C=O) groups is 3. The van der Waals surface area contributed by atoms with Crippen LogP contribution in [0.15, 0.2) is 48.5 Å². The topological polar surface area (TPSA) is 81.7 Å². The van der Waals surface area contributed by atoms with Gasteiger partial charge in [-0.05, 0) is 48.4 Å². The van der Waals surface area contributed by atoms with E-state index in [0.29, 0.717) is 29.0 Å². The fourth-order valence-electron chi connectivity index (χ4n) is 2.12. The highest BCUT2D eigenvalue weighted by atomic mass is 16.5. The van der Waals surface area contributed by atoms with Crippen molar-refractivity contribution in [1.82, 2.24) is 0 Å². The maximum atomic E-state index is 12.3. The first-order valence-corrected chi connectivity index (χ1v) is 8.17. The minimum atomic E-state index is -0.510. The van der Waals surface area contributed by atoms with E-state index in [9.17, 15) is 14.4 Å². The van der Waals surface area contributed by atoms with Crippen LogP contribution >= 0.6 is 0 Å². The van der Waals surface area contributed by atoms with Gasteiger partial charge in [0.15, 0.2) is 0 Å². The number of nitrogens with one attached hydrogen (secondary N) is 1. The van der Waals surface area contributed by atoms with Gasteiger partial charge in [0.2, 0.25) is 0 Å². The summed E-state index contributed by atoms with van der Waals surface area (Å²) in [6, 6.07) is 12.6. The molecule has 0 unspecified atom stereocenters. The smallest absolute Gasteiger partial charge is 0.338 e. The third-order valence-electron chi connectivity index (χ3n) is 3.47. The summed E-state index contributed by atoms with van der Waals surface area (Å²) in [5, 5.41) is 2.72. The van der Waals surface area contributed by atoms with Gasteiger partial charge in [-0.1, -0.05) is 19.9 Å². The molecule has 0 heterocycles. The average Bonchev–Trinajstić information content (AvgIpc) is 2.66. The Kier molecular flexibility index (Phi) is 6.49. The number of esters is 2. The largest absolute Gasteiger partial charge is 0.465 e. The molecular formula is C20H21NO5. The Bertz CT molecular complexity index is 796. The van der Waals surface area contributed by atoms with Crippen molar-refractivity contribution in [1.29, 1.82) is 0 Å². The summed E-state index contributed by atoms with van der Waals surface area (Å²) >= 11 is 0. The normalized spacial score (nSPS) is 10.3. The molecule has 2 rings (SSSR count). The molecule has 0 atom stereocenters. The van der Waals surface area contributed by atoms with E-state index in [2.05, 4.69) is 10.1 Å². The van der Waals surface area contributed by atoms with E-state index in [-0.39, 0.29) is 11.8 Å². The van der Waals surface area contributed by atoms with Gasteiger partial charge in [0, 0.05) is 11.3 Å².